The Bertz CT molecular complexity index is 341. The Morgan fingerprint density at radius 3 is 2.20 bits per heavy atom. The summed E-state index contributed by atoms with van der Waals surface area (Å²) in [7, 11) is 0. The van der Waals surface area contributed by atoms with E-state index in [9.17, 15) is 9.59 Å². The van der Waals surface area contributed by atoms with Crippen molar-refractivity contribution in [2.45, 2.75) is 52.6 Å². The molecule has 0 amide bonds. The SMILES string of the molecule is CC(=O)OC12CCC(C)(C(=O)C1)C2(C)C. The van der Waals surface area contributed by atoms with Crippen LogP contribution in [0.2, 0.25) is 0 Å². The minimum absolute atomic E-state index is 0.233. The van der Waals surface area contributed by atoms with Crippen molar-refractivity contribution in [3.8, 4) is 0 Å². The van der Waals surface area contributed by atoms with Gasteiger partial charge in [-0.1, -0.05) is 20.8 Å². The first-order chi connectivity index (χ1) is 6.75. The Morgan fingerprint density at radius 2 is 1.87 bits per heavy atom. The molecule has 2 aliphatic carbocycles. The van der Waals surface area contributed by atoms with Gasteiger partial charge in [-0.05, 0) is 12.8 Å². The standard InChI is InChI=1S/C12H18O3/c1-8(13)15-12-6-5-11(4,9(14)7-12)10(12,2)3/h5-7H2,1-4H3. The zero-order valence-electron chi connectivity index (χ0n) is 9.85. The maximum Gasteiger partial charge on any atom is 0.303 e. The topological polar surface area (TPSA) is 43.4 Å². The molecule has 0 aromatic carbocycles. The Morgan fingerprint density at radius 1 is 1.27 bits per heavy atom. The number of hydrogen-bond donors (Lipinski definition) is 0. The number of rotatable bonds is 1. The third-order valence-electron chi connectivity index (χ3n) is 4.95. The van der Waals surface area contributed by atoms with Gasteiger partial charge >= 0.3 is 5.97 Å². The van der Waals surface area contributed by atoms with Crippen LogP contribution in [0.1, 0.15) is 47.0 Å². The molecule has 0 saturated heterocycles. The quantitative estimate of drug-likeness (QED) is 0.622. The van der Waals surface area contributed by atoms with Crippen LogP contribution in [0.25, 0.3) is 0 Å². The van der Waals surface area contributed by atoms with Gasteiger partial charge in [0.1, 0.15) is 11.4 Å². The van der Waals surface area contributed by atoms with Crippen molar-refractivity contribution in [1.82, 2.24) is 0 Å². The number of Topliss-reactive ketones (excluding diaryl/α,β-unsaturated/α-hetero) is 1. The molecular weight excluding hydrogens is 192 g/mol. The number of esters is 1. The first-order valence-electron chi connectivity index (χ1n) is 5.48. The van der Waals surface area contributed by atoms with Crippen LogP contribution in [0, 0.1) is 10.8 Å². The summed E-state index contributed by atoms with van der Waals surface area (Å²) in [5.74, 6) is -0.0259. The number of carbonyl (C=O) groups is 2. The predicted molar refractivity (Wildman–Crippen MR) is 55.2 cm³/mol. The number of ketones is 1. The van der Waals surface area contributed by atoms with Gasteiger partial charge in [0.15, 0.2) is 0 Å². The molecular formula is C12H18O3. The van der Waals surface area contributed by atoms with Gasteiger partial charge in [-0.25, -0.2) is 0 Å². The number of hydrogen-bond acceptors (Lipinski definition) is 3. The summed E-state index contributed by atoms with van der Waals surface area (Å²) in [6, 6.07) is 0. The Hall–Kier alpha value is -0.860. The maximum absolute atomic E-state index is 12.0. The molecule has 0 radical (unpaired) electrons. The number of fused-ring (bicyclic) bond motifs is 2. The third-order valence-corrected chi connectivity index (χ3v) is 4.95. The van der Waals surface area contributed by atoms with Crippen molar-refractivity contribution < 1.29 is 14.3 Å². The molecule has 2 rings (SSSR count). The molecule has 2 aliphatic rings. The molecule has 0 aliphatic heterocycles. The van der Waals surface area contributed by atoms with Gasteiger partial charge in [0.25, 0.3) is 0 Å². The van der Waals surface area contributed by atoms with E-state index < -0.39 is 5.60 Å². The van der Waals surface area contributed by atoms with E-state index >= 15 is 0 Å². The molecule has 2 bridgehead atoms. The Kier molecular flexibility index (Phi) is 1.87. The van der Waals surface area contributed by atoms with Crippen LogP contribution in [0.15, 0.2) is 0 Å². The average molecular weight is 210 g/mol. The van der Waals surface area contributed by atoms with Crippen LogP contribution < -0.4 is 0 Å². The van der Waals surface area contributed by atoms with E-state index in [1.165, 1.54) is 6.92 Å². The van der Waals surface area contributed by atoms with Gasteiger partial charge in [-0.15, -0.1) is 0 Å². The second-order valence-electron chi connectivity index (χ2n) is 5.64. The van der Waals surface area contributed by atoms with Crippen molar-refractivity contribution in [3.63, 3.8) is 0 Å². The Labute approximate surface area is 90.2 Å². The van der Waals surface area contributed by atoms with Crippen molar-refractivity contribution in [1.29, 1.82) is 0 Å². The first-order valence-corrected chi connectivity index (χ1v) is 5.48. The van der Waals surface area contributed by atoms with Gasteiger partial charge in [-0.3, -0.25) is 9.59 Å². The third kappa shape index (κ3) is 1.01. The highest BCUT2D eigenvalue weighted by atomic mass is 16.6. The van der Waals surface area contributed by atoms with Crippen LogP contribution in [-0.4, -0.2) is 17.4 Å². The molecule has 2 atom stereocenters. The molecule has 2 saturated carbocycles. The van der Waals surface area contributed by atoms with Crippen molar-refractivity contribution in [2.75, 3.05) is 0 Å². The fraction of sp³-hybridized carbons (Fsp3) is 0.833. The molecule has 0 aromatic heterocycles. The summed E-state index contributed by atoms with van der Waals surface area (Å²) in [5.41, 5.74) is -1.07. The zero-order valence-corrected chi connectivity index (χ0v) is 9.85. The molecule has 2 unspecified atom stereocenters. The van der Waals surface area contributed by atoms with Crippen LogP contribution in [0.5, 0.6) is 0 Å². The van der Waals surface area contributed by atoms with E-state index in [1.54, 1.807) is 0 Å². The summed E-state index contributed by atoms with van der Waals surface area (Å²) < 4.78 is 5.48. The first kappa shape index (κ1) is 10.7. The molecule has 3 nitrogen and oxygen atoms in total. The van der Waals surface area contributed by atoms with Gasteiger partial charge in [0.2, 0.25) is 0 Å². The molecule has 2 fully saturated rings. The molecule has 0 N–H and O–H groups in total. The average Bonchev–Trinajstić information content (AvgIpc) is 2.33. The number of ether oxygens (including phenoxy) is 1. The zero-order chi connectivity index (χ0) is 11.5. The van der Waals surface area contributed by atoms with E-state index in [0.29, 0.717) is 6.42 Å². The van der Waals surface area contributed by atoms with E-state index in [0.717, 1.165) is 12.8 Å². The fourth-order valence-electron chi connectivity index (χ4n) is 3.32. The lowest BCUT2D eigenvalue weighted by Gasteiger charge is -2.38. The molecule has 0 heterocycles. The van der Waals surface area contributed by atoms with Crippen LogP contribution >= 0.6 is 0 Å². The van der Waals surface area contributed by atoms with Gasteiger partial charge in [0.05, 0.1) is 0 Å². The second kappa shape index (κ2) is 2.63. The second-order valence-corrected chi connectivity index (χ2v) is 5.64. The highest BCUT2D eigenvalue weighted by Gasteiger charge is 2.71. The van der Waals surface area contributed by atoms with E-state index in [4.69, 9.17) is 4.74 Å². The van der Waals surface area contributed by atoms with Crippen molar-refractivity contribution >= 4 is 11.8 Å². The van der Waals surface area contributed by atoms with Crippen molar-refractivity contribution in [2.24, 2.45) is 10.8 Å². The minimum Gasteiger partial charge on any atom is -0.458 e. The molecule has 15 heavy (non-hydrogen) atoms. The maximum atomic E-state index is 12.0. The van der Waals surface area contributed by atoms with Crippen LogP contribution in [0.4, 0.5) is 0 Å². The van der Waals surface area contributed by atoms with Gasteiger partial charge in [-0.2, -0.15) is 0 Å². The lowest BCUT2D eigenvalue weighted by Crippen LogP contribution is -2.43. The molecule has 0 aromatic rings. The monoisotopic (exact) mass is 210 g/mol. The normalized spacial score (nSPS) is 42.0. The largest absolute Gasteiger partial charge is 0.458 e. The van der Waals surface area contributed by atoms with Crippen LogP contribution in [0.3, 0.4) is 0 Å². The highest BCUT2D eigenvalue weighted by Crippen LogP contribution is 2.67. The van der Waals surface area contributed by atoms with E-state index in [2.05, 4.69) is 0 Å². The summed E-state index contributed by atoms with van der Waals surface area (Å²) >= 11 is 0. The van der Waals surface area contributed by atoms with Gasteiger partial charge < -0.3 is 4.74 Å². The van der Waals surface area contributed by atoms with Crippen LogP contribution in [-0.2, 0) is 14.3 Å². The minimum atomic E-state index is -0.537. The lowest BCUT2D eigenvalue weighted by atomic mass is 9.69. The summed E-state index contributed by atoms with van der Waals surface area (Å²) in [6.07, 6.45) is 2.06. The molecule has 0 spiro atoms. The van der Waals surface area contributed by atoms with Crippen molar-refractivity contribution in [3.05, 3.63) is 0 Å². The van der Waals surface area contributed by atoms with E-state index in [-0.39, 0.29) is 22.6 Å². The fourth-order valence-corrected chi connectivity index (χ4v) is 3.32. The molecule has 84 valence electrons. The lowest BCUT2D eigenvalue weighted by molar-refractivity contribution is -0.166. The Balaban J connectivity index is 2.44. The summed E-state index contributed by atoms with van der Waals surface area (Å²) in [6.45, 7) is 7.53. The highest BCUT2D eigenvalue weighted by molar-refractivity contribution is 5.91. The smallest absolute Gasteiger partial charge is 0.303 e. The predicted octanol–water partition coefficient (Wildman–Crippen LogP) is 2.09. The summed E-state index contributed by atoms with van der Waals surface area (Å²) in [4.78, 5) is 23.1. The summed E-state index contributed by atoms with van der Waals surface area (Å²) in [5, 5.41) is 0. The van der Waals surface area contributed by atoms with E-state index in [1.807, 2.05) is 20.8 Å². The molecule has 3 heteroatoms. The van der Waals surface area contributed by atoms with Gasteiger partial charge in [0, 0.05) is 24.2 Å². The number of carbonyl (C=O) groups excluding carboxylic acids is 2.